The molecule has 6 rings (SSSR count). The van der Waals surface area contributed by atoms with E-state index in [1.807, 2.05) is 12.1 Å². The van der Waals surface area contributed by atoms with E-state index >= 15 is 0 Å². The Labute approximate surface area is 253 Å². The molecule has 4 heterocycles. The molecule has 9 nitrogen and oxygen atoms in total. The number of amides is 1. The number of morpholine rings is 1. The smallest absolute Gasteiger partial charge is 0.255 e. The molecule has 0 spiro atoms. The number of hydrogen-bond acceptors (Lipinski definition) is 8. The maximum atomic E-state index is 14.7. The van der Waals surface area contributed by atoms with Crippen LogP contribution in [0, 0.1) is 5.82 Å². The number of aromatic hydroxyl groups is 1. The molecule has 1 fully saturated rings. The summed E-state index contributed by atoms with van der Waals surface area (Å²) in [5.41, 5.74) is 3.55. The maximum absolute atomic E-state index is 14.7. The highest BCUT2D eigenvalue weighted by Gasteiger charge is 2.27. The third-order valence-corrected chi connectivity index (χ3v) is 7.91. The van der Waals surface area contributed by atoms with Gasteiger partial charge in [-0.15, -0.1) is 0 Å². The van der Waals surface area contributed by atoms with Gasteiger partial charge < -0.3 is 24.8 Å². The summed E-state index contributed by atoms with van der Waals surface area (Å²) in [6, 6.07) is 16.6. The van der Waals surface area contributed by atoms with Gasteiger partial charge in [-0.2, -0.15) is 0 Å². The molecule has 11 heteroatoms. The van der Waals surface area contributed by atoms with Crippen molar-refractivity contribution in [3.8, 4) is 22.8 Å². The summed E-state index contributed by atoms with van der Waals surface area (Å²) in [6.45, 7) is 4.15. The topological polar surface area (TPSA) is 100 Å². The van der Waals surface area contributed by atoms with Crippen LogP contribution in [0.25, 0.3) is 11.3 Å². The molecule has 0 bridgehead atoms. The number of hydrogen-bond donors (Lipinski definition) is 2. The predicted octanol–water partition coefficient (Wildman–Crippen LogP) is 5.37. The largest absolute Gasteiger partial charge is 0.507 e. The summed E-state index contributed by atoms with van der Waals surface area (Å²) < 4.78 is 26.2. The lowest BCUT2D eigenvalue weighted by molar-refractivity contribution is 0.0134. The molecule has 1 saturated heterocycles. The van der Waals surface area contributed by atoms with E-state index in [0.29, 0.717) is 61.4 Å². The average molecular weight is 604 g/mol. The lowest BCUT2D eigenvalue weighted by Gasteiger charge is -2.35. The standard InChI is InChI=1S/C32H31ClFN5O4/c33-21-5-6-25(34)24(17-21)26-19-29-31(20-37-26)43-16-13-39(29)22-7-9-35-27(18-22)28(38-11-14-42-15-12-38)8-10-36-32(41)23-3-1-2-4-30(23)40/h1-7,9,17-20,28,40H,8,10-16H2,(H,36,41). The van der Waals surface area contributed by atoms with Gasteiger partial charge in [-0.3, -0.25) is 19.7 Å². The quantitative estimate of drug-likeness (QED) is 0.277. The number of nitrogens with one attached hydrogen (secondary N) is 1. The van der Waals surface area contributed by atoms with Gasteiger partial charge in [0.2, 0.25) is 0 Å². The van der Waals surface area contributed by atoms with Gasteiger partial charge in [0.05, 0.1) is 54.6 Å². The molecule has 4 aromatic rings. The zero-order chi connectivity index (χ0) is 29.8. The zero-order valence-electron chi connectivity index (χ0n) is 23.4. The summed E-state index contributed by atoms with van der Waals surface area (Å²) in [5, 5.41) is 13.4. The molecule has 0 radical (unpaired) electrons. The van der Waals surface area contributed by atoms with Crippen LogP contribution in [0.3, 0.4) is 0 Å². The van der Waals surface area contributed by atoms with E-state index < -0.39 is 5.82 Å². The van der Waals surface area contributed by atoms with Crippen molar-refractivity contribution in [3.63, 3.8) is 0 Å². The Morgan fingerprint density at radius 1 is 1.05 bits per heavy atom. The second-order valence-corrected chi connectivity index (χ2v) is 10.8. The number of pyridine rings is 2. The number of benzene rings is 2. The van der Waals surface area contributed by atoms with Crippen molar-refractivity contribution in [2.75, 3.05) is 50.9 Å². The van der Waals surface area contributed by atoms with Crippen molar-refractivity contribution in [1.82, 2.24) is 20.2 Å². The fourth-order valence-electron chi connectivity index (χ4n) is 5.51. The number of anilines is 2. The van der Waals surface area contributed by atoms with Crippen LogP contribution in [-0.4, -0.2) is 71.9 Å². The van der Waals surface area contributed by atoms with E-state index in [0.717, 1.165) is 30.2 Å². The minimum Gasteiger partial charge on any atom is -0.507 e. The van der Waals surface area contributed by atoms with E-state index in [1.54, 1.807) is 36.7 Å². The van der Waals surface area contributed by atoms with E-state index in [1.165, 1.54) is 18.2 Å². The first-order valence-electron chi connectivity index (χ1n) is 14.2. The molecule has 2 aromatic heterocycles. The molecule has 1 unspecified atom stereocenters. The Balaban J connectivity index is 1.27. The van der Waals surface area contributed by atoms with Crippen LogP contribution in [0.1, 0.15) is 28.5 Å². The number of phenols is 1. The Bertz CT molecular complexity index is 1620. The number of ether oxygens (including phenoxy) is 2. The fraction of sp³-hybridized carbons (Fsp3) is 0.281. The van der Waals surface area contributed by atoms with Crippen molar-refractivity contribution in [1.29, 1.82) is 0 Å². The average Bonchev–Trinajstić information content (AvgIpc) is 3.04. The van der Waals surface area contributed by atoms with Crippen LogP contribution in [0.15, 0.2) is 73.1 Å². The van der Waals surface area contributed by atoms with Crippen LogP contribution in [0.2, 0.25) is 5.02 Å². The molecule has 2 aliphatic rings. The van der Waals surface area contributed by atoms with Crippen LogP contribution in [-0.2, 0) is 4.74 Å². The van der Waals surface area contributed by atoms with Gasteiger partial charge in [0.25, 0.3) is 5.91 Å². The zero-order valence-corrected chi connectivity index (χ0v) is 24.1. The third-order valence-electron chi connectivity index (χ3n) is 7.67. The minimum absolute atomic E-state index is 0.0543. The Morgan fingerprint density at radius 2 is 1.88 bits per heavy atom. The minimum atomic E-state index is -0.408. The molecule has 2 aliphatic heterocycles. The maximum Gasteiger partial charge on any atom is 0.255 e. The highest BCUT2D eigenvalue weighted by Crippen LogP contribution is 2.40. The first-order valence-corrected chi connectivity index (χ1v) is 14.6. The molecular weight excluding hydrogens is 573 g/mol. The second kappa shape index (κ2) is 12.9. The predicted molar refractivity (Wildman–Crippen MR) is 162 cm³/mol. The summed E-state index contributed by atoms with van der Waals surface area (Å²) in [5.74, 6) is -0.186. The molecule has 1 amide bonds. The monoisotopic (exact) mass is 603 g/mol. The van der Waals surface area contributed by atoms with Gasteiger partial charge in [-0.1, -0.05) is 23.7 Å². The fourth-order valence-corrected chi connectivity index (χ4v) is 5.68. The molecule has 0 saturated carbocycles. The van der Waals surface area contributed by atoms with Crippen molar-refractivity contribution in [2.45, 2.75) is 12.5 Å². The summed E-state index contributed by atoms with van der Waals surface area (Å²) in [7, 11) is 0. The Morgan fingerprint density at radius 3 is 2.72 bits per heavy atom. The number of halogens is 2. The van der Waals surface area contributed by atoms with Gasteiger partial charge in [0.15, 0.2) is 5.75 Å². The Hall–Kier alpha value is -4.25. The van der Waals surface area contributed by atoms with Crippen molar-refractivity contribution < 1.29 is 23.8 Å². The summed E-state index contributed by atoms with van der Waals surface area (Å²) in [4.78, 5) is 26.4. The number of carbonyl (C=O) groups excluding carboxylic acids is 1. The lowest BCUT2D eigenvalue weighted by atomic mass is 10.0. The number of para-hydroxylation sites is 1. The van der Waals surface area contributed by atoms with E-state index in [4.69, 9.17) is 26.1 Å². The van der Waals surface area contributed by atoms with Gasteiger partial charge >= 0.3 is 0 Å². The van der Waals surface area contributed by atoms with E-state index in [9.17, 15) is 14.3 Å². The van der Waals surface area contributed by atoms with Gasteiger partial charge in [-0.05, 0) is 55.0 Å². The highest BCUT2D eigenvalue weighted by molar-refractivity contribution is 6.30. The number of rotatable bonds is 8. The summed E-state index contributed by atoms with van der Waals surface area (Å²) >= 11 is 6.15. The highest BCUT2D eigenvalue weighted by atomic mass is 35.5. The lowest BCUT2D eigenvalue weighted by Crippen LogP contribution is -2.40. The second-order valence-electron chi connectivity index (χ2n) is 10.3. The molecule has 1 atom stereocenters. The van der Waals surface area contributed by atoms with Crippen LogP contribution in [0.4, 0.5) is 15.8 Å². The molecular formula is C32H31ClFN5O4. The first-order chi connectivity index (χ1) is 21.0. The van der Waals surface area contributed by atoms with Gasteiger partial charge in [-0.25, -0.2) is 4.39 Å². The van der Waals surface area contributed by atoms with Crippen LogP contribution in [0.5, 0.6) is 11.5 Å². The number of phenolic OH excluding ortho intramolecular Hbond substituents is 1. The molecule has 0 aliphatic carbocycles. The van der Waals surface area contributed by atoms with Crippen molar-refractivity contribution in [3.05, 3.63) is 95.2 Å². The molecule has 43 heavy (non-hydrogen) atoms. The van der Waals surface area contributed by atoms with Gasteiger partial charge in [0, 0.05) is 42.1 Å². The molecule has 222 valence electrons. The first kappa shape index (κ1) is 28.9. The van der Waals surface area contributed by atoms with E-state index in [2.05, 4.69) is 26.2 Å². The molecule has 2 aromatic carbocycles. The number of fused-ring (bicyclic) bond motifs is 1. The SMILES string of the molecule is O=C(NCCC(c1cc(N2CCOc3cnc(-c4cc(Cl)ccc4F)cc32)ccn1)N1CCOCC1)c1ccccc1O. The van der Waals surface area contributed by atoms with Gasteiger partial charge in [0.1, 0.15) is 18.2 Å². The Kier molecular flexibility index (Phi) is 8.69. The van der Waals surface area contributed by atoms with Crippen LogP contribution >= 0.6 is 11.6 Å². The summed E-state index contributed by atoms with van der Waals surface area (Å²) in [6.07, 6.45) is 4.01. The van der Waals surface area contributed by atoms with Crippen LogP contribution < -0.4 is 15.0 Å². The number of nitrogens with zero attached hydrogens (tertiary/aromatic N) is 4. The number of carbonyl (C=O) groups is 1. The van der Waals surface area contributed by atoms with Crippen molar-refractivity contribution >= 4 is 28.9 Å². The number of aromatic nitrogens is 2. The van der Waals surface area contributed by atoms with Crippen molar-refractivity contribution in [2.24, 2.45) is 0 Å². The third kappa shape index (κ3) is 6.41. The van der Waals surface area contributed by atoms with E-state index in [-0.39, 0.29) is 23.3 Å². The normalized spacial score (nSPS) is 15.8. The molecule has 2 N–H and O–H groups in total.